The van der Waals surface area contributed by atoms with Gasteiger partial charge in [0.2, 0.25) is 5.91 Å². The predicted molar refractivity (Wildman–Crippen MR) is 59.2 cm³/mol. The van der Waals surface area contributed by atoms with E-state index in [1.165, 1.54) is 32.1 Å². The molecule has 84 valence electrons. The summed E-state index contributed by atoms with van der Waals surface area (Å²) in [6.07, 6.45) is 7.34. The third kappa shape index (κ3) is 1.68. The molecule has 2 nitrogen and oxygen atoms in total. The van der Waals surface area contributed by atoms with Crippen molar-refractivity contribution in [1.29, 1.82) is 0 Å². The van der Waals surface area contributed by atoms with E-state index in [9.17, 15) is 4.79 Å². The van der Waals surface area contributed by atoms with E-state index < -0.39 is 0 Å². The number of carbonyl (C=O) groups is 1. The summed E-state index contributed by atoms with van der Waals surface area (Å²) < 4.78 is 0. The second-order valence-electron chi connectivity index (χ2n) is 6.03. The fraction of sp³-hybridized carbons (Fsp3) is 0.923. The first-order chi connectivity index (χ1) is 7.22. The molecule has 0 aliphatic heterocycles. The molecule has 4 saturated carbocycles. The summed E-state index contributed by atoms with van der Waals surface area (Å²) in [7, 11) is 0. The van der Waals surface area contributed by atoms with Gasteiger partial charge in [-0.15, -0.1) is 0 Å². The van der Waals surface area contributed by atoms with Gasteiger partial charge in [-0.05, 0) is 61.7 Å². The first kappa shape index (κ1) is 9.68. The van der Waals surface area contributed by atoms with Crippen LogP contribution < -0.4 is 5.32 Å². The molecular formula is C13H21NO. The highest BCUT2D eigenvalue weighted by Crippen LogP contribution is 2.56. The highest BCUT2D eigenvalue weighted by atomic mass is 16.1. The van der Waals surface area contributed by atoms with Crippen molar-refractivity contribution in [3.63, 3.8) is 0 Å². The molecule has 4 bridgehead atoms. The third-order valence-electron chi connectivity index (χ3n) is 5.01. The van der Waals surface area contributed by atoms with E-state index in [0.717, 1.165) is 36.1 Å². The average Bonchev–Trinajstić information content (AvgIpc) is 2.14. The van der Waals surface area contributed by atoms with Crippen molar-refractivity contribution in [3.8, 4) is 0 Å². The van der Waals surface area contributed by atoms with Crippen molar-refractivity contribution >= 4 is 5.91 Å². The summed E-state index contributed by atoms with van der Waals surface area (Å²) in [5, 5.41) is 3.03. The van der Waals surface area contributed by atoms with Gasteiger partial charge in [-0.25, -0.2) is 0 Å². The Morgan fingerprint density at radius 3 is 2.07 bits per heavy atom. The molecule has 0 saturated heterocycles. The molecular weight excluding hydrogens is 186 g/mol. The molecule has 0 aromatic carbocycles. The van der Waals surface area contributed by atoms with Crippen molar-refractivity contribution < 1.29 is 4.79 Å². The third-order valence-corrected chi connectivity index (χ3v) is 5.01. The van der Waals surface area contributed by atoms with Gasteiger partial charge in [0.05, 0.1) is 0 Å². The zero-order valence-electron chi connectivity index (χ0n) is 9.54. The maximum Gasteiger partial charge on any atom is 0.216 e. The van der Waals surface area contributed by atoms with E-state index in [2.05, 4.69) is 5.32 Å². The minimum atomic E-state index is 0.142. The van der Waals surface area contributed by atoms with E-state index in [-0.39, 0.29) is 5.91 Å². The Labute approximate surface area is 91.8 Å². The summed E-state index contributed by atoms with van der Waals surface area (Å²) in [5.74, 6) is 4.91. The lowest BCUT2D eigenvalue weighted by molar-refractivity contribution is -0.120. The van der Waals surface area contributed by atoms with Crippen molar-refractivity contribution in [1.82, 2.24) is 5.32 Å². The molecule has 0 heterocycles. The Morgan fingerprint density at radius 1 is 1.07 bits per heavy atom. The van der Waals surface area contributed by atoms with Crippen molar-refractivity contribution in [2.24, 2.45) is 29.6 Å². The van der Waals surface area contributed by atoms with Crippen LogP contribution in [0.2, 0.25) is 0 Å². The van der Waals surface area contributed by atoms with Gasteiger partial charge < -0.3 is 5.32 Å². The molecule has 1 amide bonds. The lowest BCUT2D eigenvalue weighted by Gasteiger charge is -2.54. The Kier molecular flexibility index (Phi) is 2.26. The van der Waals surface area contributed by atoms with Crippen LogP contribution in [0.5, 0.6) is 0 Å². The highest BCUT2D eigenvalue weighted by molar-refractivity contribution is 5.72. The Bertz CT molecular complexity index is 246. The minimum absolute atomic E-state index is 0.142. The second kappa shape index (κ2) is 3.50. The van der Waals surface area contributed by atoms with Crippen LogP contribution in [0.25, 0.3) is 0 Å². The summed E-state index contributed by atoms with van der Waals surface area (Å²) >= 11 is 0. The van der Waals surface area contributed by atoms with Crippen LogP contribution in [0.3, 0.4) is 0 Å². The number of carbonyl (C=O) groups excluding carboxylic acids is 1. The molecule has 4 fully saturated rings. The lowest BCUT2D eigenvalue weighted by Crippen LogP contribution is -2.48. The van der Waals surface area contributed by atoms with Crippen LogP contribution in [0, 0.1) is 29.6 Å². The van der Waals surface area contributed by atoms with Crippen LogP contribution in [-0.2, 0) is 4.79 Å². The minimum Gasteiger partial charge on any atom is -0.356 e. The van der Waals surface area contributed by atoms with Gasteiger partial charge >= 0.3 is 0 Å². The summed E-state index contributed by atoms with van der Waals surface area (Å²) in [5.41, 5.74) is 0. The molecule has 15 heavy (non-hydrogen) atoms. The van der Waals surface area contributed by atoms with Gasteiger partial charge in [0, 0.05) is 13.5 Å². The van der Waals surface area contributed by atoms with Gasteiger partial charge in [0.25, 0.3) is 0 Å². The van der Waals surface area contributed by atoms with Gasteiger partial charge in [-0.1, -0.05) is 0 Å². The summed E-state index contributed by atoms with van der Waals surface area (Å²) in [4.78, 5) is 11.0. The SMILES string of the molecule is CC(=O)NCC1C2CC3CC(C2)CC1C3. The number of rotatable bonds is 2. The van der Waals surface area contributed by atoms with Crippen molar-refractivity contribution in [2.45, 2.75) is 39.0 Å². The smallest absolute Gasteiger partial charge is 0.216 e. The number of hydrogen-bond donors (Lipinski definition) is 1. The van der Waals surface area contributed by atoms with Crippen LogP contribution in [-0.4, -0.2) is 12.5 Å². The first-order valence-electron chi connectivity index (χ1n) is 6.47. The van der Waals surface area contributed by atoms with Gasteiger partial charge in [0.15, 0.2) is 0 Å². The van der Waals surface area contributed by atoms with Crippen molar-refractivity contribution in [3.05, 3.63) is 0 Å². The van der Waals surface area contributed by atoms with E-state index >= 15 is 0 Å². The second-order valence-corrected chi connectivity index (χ2v) is 6.03. The quantitative estimate of drug-likeness (QED) is 0.739. The molecule has 2 heteroatoms. The first-order valence-corrected chi connectivity index (χ1v) is 6.47. The molecule has 1 N–H and O–H groups in total. The molecule has 4 aliphatic carbocycles. The summed E-state index contributed by atoms with van der Waals surface area (Å²) in [6.45, 7) is 2.58. The molecule has 0 spiro atoms. The predicted octanol–water partition coefficient (Wildman–Crippen LogP) is 2.19. The van der Waals surface area contributed by atoms with Gasteiger partial charge in [-0.3, -0.25) is 4.79 Å². The number of amides is 1. The lowest BCUT2D eigenvalue weighted by atomic mass is 9.52. The molecule has 4 aliphatic rings. The van der Waals surface area contributed by atoms with E-state index in [0.29, 0.717) is 0 Å². The fourth-order valence-electron chi connectivity index (χ4n) is 4.63. The van der Waals surface area contributed by atoms with Crippen LogP contribution in [0.15, 0.2) is 0 Å². The van der Waals surface area contributed by atoms with E-state index in [1.54, 1.807) is 6.92 Å². The normalized spacial score (nSPS) is 46.9. The van der Waals surface area contributed by atoms with Crippen molar-refractivity contribution in [2.75, 3.05) is 6.54 Å². The maximum atomic E-state index is 11.0. The fourth-order valence-corrected chi connectivity index (χ4v) is 4.63. The zero-order chi connectivity index (χ0) is 10.4. The number of nitrogens with one attached hydrogen (secondary N) is 1. The Balaban J connectivity index is 1.67. The van der Waals surface area contributed by atoms with E-state index in [1.807, 2.05) is 0 Å². The molecule has 0 aromatic rings. The Hall–Kier alpha value is -0.530. The van der Waals surface area contributed by atoms with E-state index in [4.69, 9.17) is 0 Å². The van der Waals surface area contributed by atoms with Gasteiger partial charge in [-0.2, -0.15) is 0 Å². The van der Waals surface area contributed by atoms with Crippen LogP contribution >= 0.6 is 0 Å². The zero-order valence-corrected chi connectivity index (χ0v) is 9.54. The topological polar surface area (TPSA) is 29.1 Å². The molecule has 0 radical (unpaired) electrons. The largest absolute Gasteiger partial charge is 0.356 e. The standard InChI is InChI=1S/C13H21NO/c1-8(15)14-7-13-11-3-9-2-10(5-11)6-12(13)4-9/h9-13H,2-7H2,1H3,(H,14,15). The van der Waals surface area contributed by atoms with Crippen LogP contribution in [0.4, 0.5) is 0 Å². The molecule has 0 aromatic heterocycles. The maximum absolute atomic E-state index is 11.0. The highest BCUT2D eigenvalue weighted by Gasteiger charge is 2.47. The molecule has 0 atom stereocenters. The van der Waals surface area contributed by atoms with Gasteiger partial charge in [0.1, 0.15) is 0 Å². The molecule has 0 unspecified atom stereocenters. The monoisotopic (exact) mass is 207 g/mol. The molecule has 4 rings (SSSR count). The summed E-state index contributed by atoms with van der Waals surface area (Å²) in [6, 6.07) is 0. The van der Waals surface area contributed by atoms with Crippen LogP contribution in [0.1, 0.15) is 39.0 Å². The number of hydrogen-bond acceptors (Lipinski definition) is 1. The average molecular weight is 207 g/mol. The Morgan fingerprint density at radius 2 is 1.60 bits per heavy atom.